The first kappa shape index (κ1) is 13.5. The van der Waals surface area contributed by atoms with Gasteiger partial charge in [0.25, 0.3) is 5.91 Å². The standard InChI is InChI=1S/C13H11BrN2O3/c14-11-7-6-10(19-11)8-15-16-13(18)12(17)9-4-2-1-3-5-9/h1-8,12,17H,(H,16,18)/b15-8-/t12-/m1/s1. The average molecular weight is 323 g/mol. The van der Waals surface area contributed by atoms with E-state index >= 15 is 0 Å². The van der Waals surface area contributed by atoms with Crippen LogP contribution in [-0.4, -0.2) is 17.2 Å². The maximum Gasteiger partial charge on any atom is 0.273 e. The average Bonchev–Trinajstić information content (AvgIpc) is 2.84. The molecule has 0 saturated heterocycles. The van der Waals surface area contributed by atoms with Gasteiger partial charge in [-0.1, -0.05) is 30.3 Å². The van der Waals surface area contributed by atoms with Gasteiger partial charge in [0.2, 0.25) is 0 Å². The molecule has 0 radical (unpaired) electrons. The molecule has 2 rings (SSSR count). The third-order valence-corrected chi connectivity index (χ3v) is 2.75. The number of aliphatic hydroxyl groups excluding tert-OH is 1. The number of carbonyl (C=O) groups excluding carboxylic acids is 1. The number of rotatable bonds is 4. The zero-order chi connectivity index (χ0) is 13.7. The smallest absolute Gasteiger partial charge is 0.273 e. The topological polar surface area (TPSA) is 74.8 Å². The van der Waals surface area contributed by atoms with E-state index < -0.39 is 12.0 Å². The minimum atomic E-state index is -1.25. The highest BCUT2D eigenvalue weighted by Gasteiger charge is 2.15. The fraction of sp³-hybridized carbons (Fsp3) is 0.0769. The molecule has 1 amide bonds. The second-order valence-electron chi connectivity index (χ2n) is 3.69. The Morgan fingerprint density at radius 1 is 1.32 bits per heavy atom. The summed E-state index contributed by atoms with van der Waals surface area (Å²) in [5, 5.41) is 13.5. The minimum Gasteiger partial charge on any atom is -0.448 e. The number of nitrogens with one attached hydrogen (secondary N) is 1. The number of amides is 1. The summed E-state index contributed by atoms with van der Waals surface area (Å²) in [5.41, 5.74) is 2.75. The SMILES string of the molecule is O=C(N/N=C\c1ccc(Br)o1)[C@H](O)c1ccccc1. The van der Waals surface area contributed by atoms with Gasteiger partial charge in [-0.05, 0) is 33.6 Å². The lowest BCUT2D eigenvalue weighted by atomic mass is 10.1. The summed E-state index contributed by atoms with van der Waals surface area (Å²) < 4.78 is 5.74. The van der Waals surface area contributed by atoms with Crippen molar-refractivity contribution in [3.05, 3.63) is 58.5 Å². The van der Waals surface area contributed by atoms with Crippen molar-refractivity contribution in [2.24, 2.45) is 5.10 Å². The molecule has 6 heteroatoms. The van der Waals surface area contributed by atoms with Crippen LogP contribution in [-0.2, 0) is 4.79 Å². The van der Waals surface area contributed by atoms with Gasteiger partial charge in [-0.3, -0.25) is 4.79 Å². The number of carbonyl (C=O) groups is 1. The van der Waals surface area contributed by atoms with Crippen LogP contribution in [0.15, 0.2) is 56.7 Å². The Bertz CT molecular complexity index is 581. The molecular formula is C13H11BrN2O3. The highest BCUT2D eigenvalue weighted by Crippen LogP contribution is 2.13. The van der Waals surface area contributed by atoms with Crippen LogP contribution in [0.2, 0.25) is 0 Å². The van der Waals surface area contributed by atoms with Gasteiger partial charge in [-0.2, -0.15) is 5.10 Å². The van der Waals surface area contributed by atoms with E-state index in [2.05, 4.69) is 26.5 Å². The van der Waals surface area contributed by atoms with E-state index in [9.17, 15) is 9.90 Å². The molecule has 2 N–H and O–H groups in total. The van der Waals surface area contributed by atoms with E-state index in [1.54, 1.807) is 42.5 Å². The first-order chi connectivity index (χ1) is 9.16. The number of hydrazone groups is 1. The number of aliphatic hydroxyl groups is 1. The lowest BCUT2D eigenvalue weighted by Crippen LogP contribution is -2.25. The maximum absolute atomic E-state index is 11.6. The summed E-state index contributed by atoms with van der Waals surface area (Å²) in [4.78, 5) is 11.6. The van der Waals surface area contributed by atoms with Crippen molar-refractivity contribution < 1.29 is 14.3 Å². The van der Waals surface area contributed by atoms with Crippen molar-refractivity contribution in [1.29, 1.82) is 0 Å². The van der Waals surface area contributed by atoms with E-state index in [1.165, 1.54) is 6.21 Å². The quantitative estimate of drug-likeness (QED) is 0.669. The van der Waals surface area contributed by atoms with Gasteiger partial charge >= 0.3 is 0 Å². The molecule has 0 aliphatic carbocycles. The number of hydrogen-bond acceptors (Lipinski definition) is 4. The highest BCUT2D eigenvalue weighted by molar-refractivity contribution is 9.10. The van der Waals surface area contributed by atoms with Crippen molar-refractivity contribution in [2.45, 2.75) is 6.10 Å². The second-order valence-corrected chi connectivity index (χ2v) is 4.47. The summed E-state index contributed by atoms with van der Waals surface area (Å²) >= 11 is 3.15. The predicted octanol–water partition coefficient (Wildman–Crippen LogP) is 2.23. The van der Waals surface area contributed by atoms with Crippen LogP contribution in [0.5, 0.6) is 0 Å². The van der Waals surface area contributed by atoms with E-state index in [0.29, 0.717) is 16.0 Å². The van der Waals surface area contributed by atoms with Gasteiger partial charge in [0.1, 0.15) is 5.76 Å². The van der Waals surface area contributed by atoms with Crippen molar-refractivity contribution in [1.82, 2.24) is 5.43 Å². The summed E-state index contributed by atoms with van der Waals surface area (Å²) in [6, 6.07) is 12.0. The molecule has 0 spiro atoms. The Morgan fingerprint density at radius 2 is 2.05 bits per heavy atom. The molecule has 0 unspecified atom stereocenters. The second kappa shape index (κ2) is 6.31. The van der Waals surface area contributed by atoms with Crippen molar-refractivity contribution in [2.75, 3.05) is 0 Å². The van der Waals surface area contributed by atoms with Gasteiger partial charge in [-0.15, -0.1) is 0 Å². The number of furan rings is 1. The fourth-order valence-electron chi connectivity index (χ4n) is 1.41. The Balaban J connectivity index is 1.93. The van der Waals surface area contributed by atoms with Crippen molar-refractivity contribution in [3.63, 3.8) is 0 Å². The van der Waals surface area contributed by atoms with Gasteiger partial charge < -0.3 is 9.52 Å². The lowest BCUT2D eigenvalue weighted by molar-refractivity contribution is -0.129. The van der Waals surface area contributed by atoms with Gasteiger partial charge in [0.05, 0.1) is 6.21 Å². The van der Waals surface area contributed by atoms with Crippen LogP contribution >= 0.6 is 15.9 Å². The van der Waals surface area contributed by atoms with Crippen LogP contribution in [0.3, 0.4) is 0 Å². The maximum atomic E-state index is 11.6. The van der Waals surface area contributed by atoms with Crippen LogP contribution in [0.25, 0.3) is 0 Å². The number of nitrogens with zero attached hydrogens (tertiary/aromatic N) is 1. The Labute approximate surface area is 118 Å². The summed E-state index contributed by atoms with van der Waals surface area (Å²) in [6.45, 7) is 0. The number of benzene rings is 1. The monoisotopic (exact) mass is 322 g/mol. The zero-order valence-electron chi connectivity index (χ0n) is 9.79. The fourth-order valence-corrected chi connectivity index (χ4v) is 1.72. The molecule has 0 saturated carbocycles. The van der Waals surface area contributed by atoms with Gasteiger partial charge in [0, 0.05) is 0 Å². The summed E-state index contributed by atoms with van der Waals surface area (Å²) in [5.74, 6) is -0.116. The molecular weight excluding hydrogens is 312 g/mol. The van der Waals surface area contributed by atoms with Crippen LogP contribution in [0.1, 0.15) is 17.4 Å². The Kier molecular flexibility index (Phi) is 4.48. The third-order valence-electron chi connectivity index (χ3n) is 2.32. The number of hydrogen-bond donors (Lipinski definition) is 2. The molecule has 1 aromatic carbocycles. The van der Waals surface area contributed by atoms with E-state index in [0.717, 1.165) is 0 Å². The molecule has 1 atom stereocenters. The van der Waals surface area contributed by atoms with Crippen LogP contribution < -0.4 is 5.43 Å². The van der Waals surface area contributed by atoms with Crippen molar-refractivity contribution in [3.8, 4) is 0 Å². The molecule has 1 aromatic heterocycles. The Morgan fingerprint density at radius 3 is 2.68 bits per heavy atom. The first-order valence-corrected chi connectivity index (χ1v) is 6.27. The largest absolute Gasteiger partial charge is 0.448 e. The van der Waals surface area contributed by atoms with Gasteiger partial charge in [0.15, 0.2) is 10.8 Å². The van der Waals surface area contributed by atoms with E-state index in [-0.39, 0.29) is 0 Å². The molecule has 0 fully saturated rings. The molecule has 19 heavy (non-hydrogen) atoms. The summed E-state index contributed by atoms with van der Waals surface area (Å²) in [7, 11) is 0. The Hall–Kier alpha value is -1.92. The van der Waals surface area contributed by atoms with Gasteiger partial charge in [-0.25, -0.2) is 5.43 Å². The highest BCUT2D eigenvalue weighted by atomic mass is 79.9. The first-order valence-electron chi connectivity index (χ1n) is 5.48. The van der Waals surface area contributed by atoms with Crippen LogP contribution in [0.4, 0.5) is 0 Å². The number of halogens is 1. The molecule has 1 heterocycles. The lowest BCUT2D eigenvalue weighted by Gasteiger charge is -2.08. The zero-order valence-corrected chi connectivity index (χ0v) is 11.4. The third kappa shape index (κ3) is 3.77. The van der Waals surface area contributed by atoms with E-state index in [4.69, 9.17) is 4.42 Å². The molecule has 0 aliphatic rings. The minimum absolute atomic E-state index is 0.487. The molecule has 5 nitrogen and oxygen atoms in total. The summed E-state index contributed by atoms with van der Waals surface area (Å²) in [6.07, 6.45) is 0.0992. The van der Waals surface area contributed by atoms with E-state index in [1.807, 2.05) is 0 Å². The molecule has 0 aliphatic heterocycles. The molecule has 0 bridgehead atoms. The molecule has 2 aromatic rings. The normalized spacial score (nSPS) is 12.5. The van der Waals surface area contributed by atoms with Crippen LogP contribution in [0, 0.1) is 0 Å². The predicted molar refractivity (Wildman–Crippen MR) is 73.5 cm³/mol. The van der Waals surface area contributed by atoms with Crippen molar-refractivity contribution >= 4 is 28.1 Å². The molecule has 98 valence electrons.